The summed E-state index contributed by atoms with van der Waals surface area (Å²) >= 11 is 0. The van der Waals surface area contributed by atoms with Crippen LogP contribution in [-0.2, 0) is 9.47 Å². The summed E-state index contributed by atoms with van der Waals surface area (Å²) in [6, 6.07) is 5.38. The SMILES string of the molecule is COCCC1CN(C(=O)c2ccc3nc(C)oc3c2)CCO1. The van der Waals surface area contributed by atoms with Crippen LogP contribution in [0.3, 0.4) is 0 Å². The van der Waals surface area contributed by atoms with Crippen molar-refractivity contribution in [3.63, 3.8) is 0 Å². The van der Waals surface area contributed by atoms with Crippen molar-refractivity contribution in [3.05, 3.63) is 29.7 Å². The molecule has 0 radical (unpaired) electrons. The van der Waals surface area contributed by atoms with Crippen molar-refractivity contribution in [3.8, 4) is 0 Å². The molecule has 0 aliphatic carbocycles. The Bertz CT molecular complexity index is 667. The fourth-order valence-electron chi connectivity index (χ4n) is 2.68. The highest BCUT2D eigenvalue weighted by atomic mass is 16.5. The van der Waals surface area contributed by atoms with E-state index in [-0.39, 0.29) is 12.0 Å². The van der Waals surface area contributed by atoms with Crippen molar-refractivity contribution in [2.24, 2.45) is 0 Å². The molecule has 1 aromatic heterocycles. The molecule has 0 bridgehead atoms. The standard InChI is InChI=1S/C16H20N2O4/c1-11-17-14-4-3-12(9-15(14)22-11)16(19)18-6-8-21-13(10-18)5-7-20-2/h3-4,9,13H,5-8,10H2,1-2H3. The van der Waals surface area contributed by atoms with E-state index in [0.29, 0.717) is 43.3 Å². The van der Waals surface area contributed by atoms with Crippen molar-refractivity contribution in [2.75, 3.05) is 33.4 Å². The normalized spacial score (nSPS) is 18.8. The van der Waals surface area contributed by atoms with E-state index in [1.807, 2.05) is 11.0 Å². The average molecular weight is 304 g/mol. The van der Waals surface area contributed by atoms with Crippen molar-refractivity contribution >= 4 is 17.0 Å². The van der Waals surface area contributed by atoms with Gasteiger partial charge in [0.1, 0.15) is 5.52 Å². The number of morpholine rings is 1. The smallest absolute Gasteiger partial charge is 0.254 e. The zero-order chi connectivity index (χ0) is 15.5. The van der Waals surface area contributed by atoms with Gasteiger partial charge in [-0.15, -0.1) is 0 Å². The molecule has 2 heterocycles. The highest BCUT2D eigenvalue weighted by Gasteiger charge is 2.25. The third kappa shape index (κ3) is 3.13. The van der Waals surface area contributed by atoms with Crippen LogP contribution in [0.4, 0.5) is 0 Å². The fourth-order valence-corrected chi connectivity index (χ4v) is 2.68. The maximum absolute atomic E-state index is 12.6. The lowest BCUT2D eigenvalue weighted by Crippen LogP contribution is -2.45. The zero-order valence-electron chi connectivity index (χ0n) is 12.9. The quantitative estimate of drug-likeness (QED) is 0.864. The molecular formula is C16H20N2O4. The van der Waals surface area contributed by atoms with Crippen LogP contribution < -0.4 is 0 Å². The van der Waals surface area contributed by atoms with E-state index in [4.69, 9.17) is 13.9 Å². The molecule has 6 nitrogen and oxygen atoms in total. The molecule has 0 N–H and O–H groups in total. The second-order valence-corrected chi connectivity index (χ2v) is 5.44. The van der Waals surface area contributed by atoms with Gasteiger partial charge in [0, 0.05) is 39.3 Å². The molecule has 1 unspecified atom stereocenters. The number of hydrogen-bond acceptors (Lipinski definition) is 5. The van der Waals surface area contributed by atoms with E-state index in [9.17, 15) is 4.79 Å². The van der Waals surface area contributed by atoms with Gasteiger partial charge in [-0.1, -0.05) is 0 Å². The number of amides is 1. The number of nitrogens with zero attached hydrogens (tertiary/aromatic N) is 2. The van der Waals surface area contributed by atoms with E-state index in [1.54, 1.807) is 26.2 Å². The molecule has 1 amide bonds. The van der Waals surface area contributed by atoms with Gasteiger partial charge >= 0.3 is 0 Å². The monoisotopic (exact) mass is 304 g/mol. The van der Waals surface area contributed by atoms with Gasteiger partial charge in [0.25, 0.3) is 5.91 Å². The summed E-state index contributed by atoms with van der Waals surface area (Å²) in [5.41, 5.74) is 2.04. The molecule has 0 spiro atoms. The molecule has 3 rings (SSSR count). The second-order valence-electron chi connectivity index (χ2n) is 5.44. The van der Waals surface area contributed by atoms with E-state index in [1.165, 1.54) is 0 Å². The first-order valence-electron chi connectivity index (χ1n) is 7.44. The Morgan fingerprint density at radius 3 is 3.18 bits per heavy atom. The Morgan fingerprint density at radius 1 is 1.50 bits per heavy atom. The first kappa shape index (κ1) is 15.0. The van der Waals surface area contributed by atoms with E-state index < -0.39 is 0 Å². The Morgan fingerprint density at radius 2 is 2.36 bits per heavy atom. The number of methoxy groups -OCH3 is 1. The lowest BCUT2D eigenvalue weighted by Gasteiger charge is -2.33. The summed E-state index contributed by atoms with van der Waals surface area (Å²) in [4.78, 5) is 18.7. The maximum Gasteiger partial charge on any atom is 0.254 e. The fraction of sp³-hybridized carbons (Fsp3) is 0.500. The number of carbonyl (C=O) groups excluding carboxylic acids is 1. The lowest BCUT2D eigenvalue weighted by atomic mass is 10.1. The van der Waals surface area contributed by atoms with Crippen molar-refractivity contribution in [1.29, 1.82) is 0 Å². The molecule has 1 atom stereocenters. The molecule has 1 aromatic carbocycles. The van der Waals surface area contributed by atoms with Gasteiger partial charge in [-0.05, 0) is 24.6 Å². The number of hydrogen-bond donors (Lipinski definition) is 0. The lowest BCUT2D eigenvalue weighted by molar-refractivity contribution is -0.0332. The molecule has 118 valence electrons. The summed E-state index contributed by atoms with van der Waals surface area (Å²) in [6.07, 6.45) is 0.828. The van der Waals surface area contributed by atoms with Gasteiger partial charge < -0.3 is 18.8 Å². The predicted molar refractivity (Wildman–Crippen MR) is 80.9 cm³/mol. The van der Waals surface area contributed by atoms with E-state index in [2.05, 4.69) is 4.98 Å². The van der Waals surface area contributed by atoms with Gasteiger partial charge in [0.15, 0.2) is 11.5 Å². The second kappa shape index (κ2) is 6.46. The number of benzene rings is 1. The van der Waals surface area contributed by atoms with Crippen LogP contribution in [-0.4, -0.2) is 55.3 Å². The summed E-state index contributed by atoms with van der Waals surface area (Å²) < 4.78 is 16.2. The molecule has 2 aromatic rings. The Hall–Kier alpha value is -1.92. The van der Waals surface area contributed by atoms with E-state index in [0.717, 1.165) is 11.9 Å². The maximum atomic E-state index is 12.6. The number of carbonyl (C=O) groups is 1. The zero-order valence-corrected chi connectivity index (χ0v) is 12.9. The summed E-state index contributed by atoms with van der Waals surface area (Å²) in [6.45, 7) is 4.19. The number of rotatable bonds is 4. The minimum absolute atomic E-state index is 0.00155. The third-order valence-corrected chi connectivity index (χ3v) is 3.81. The third-order valence-electron chi connectivity index (χ3n) is 3.81. The highest BCUT2D eigenvalue weighted by molar-refractivity contribution is 5.97. The van der Waals surface area contributed by atoms with Crippen molar-refractivity contribution in [2.45, 2.75) is 19.4 Å². The number of aryl methyl sites for hydroxylation is 1. The molecule has 6 heteroatoms. The summed E-state index contributed by atoms with van der Waals surface area (Å²) in [5.74, 6) is 0.604. The number of ether oxygens (including phenoxy) is 2. The van der Waals surface area contributed by atoms with Crippen LogP contribution in [0.2, 0.25) is 0 Å². The highest BCUT2D eigenvalue weighted by Crippen LogP contribution is 2.19. The van der Waals surface area contributed by atoms with Crippen molar-refractivity contribution < 1.29 is 18.7 Å². The predicted octanol–water partition coefficient (Wildman–Crippen LogP) is 2.01. The van der Waals surface area contributed by atoms with Crippen LogP contribution in [0.5, 0.6) is 0 Å². The van der Waals surface area contributed by atoms with Crippen molar-refractivity contribution in [1.82, 2.24) is 9.88 Å². The number of oxazole rings is 1. The molecule has 1 aliphatic heterocycles. The largest absolute Gasteiger partial charge is 0.441 e. The Labute approximate surface area is 129 Å². The van der Waals surface area contributed by atoms with Crippen LogP contribution in [0, 0.1) is 6.92 Å². The number of fused-ring (bicyclic) bond motifs is 1. The van der Waals surface area contributed by atoms with Crippen LogP contribution >= 0.6 is 0 Å². The van der Waals surface area contributed by atoms with Gasteiger partial charge in [-0.25, -0.2) is 4.98 Å². The number of aromatic nitrogens is 1. The molecule has 1 fully saturated rings. The Kier molecular flexibility index (Phi) is 4.40. The van der Waals surface area contributed by atoms with Crippen LogP contribution in [0.15, 0.2) is 22.6 Å². The van der Waals surface area contributed by atoms with Crippen LogP contribution in [0.25, 0.3) is 11.1 Å². The van der Waals surface area contributed by atoms with Gasteiger partial charge in [-0.3, -0.25) is 4.79 Å². The minimum atomic E-state index is 0.00155. The average Bonchev–Trinajstić information content (AvgIpc) is 2.91. The molecular weight excluding hydrogens is 284 g/mol. The first-order chi connectivity index (χ1) is 10.7. The summed E-state index contributed by atoms with van der Waals surface area (Å²) in [7, 11) is 1.67. The van der Waals surface area contributed by atoms with Crippen LogP contribution in [0.1, 0.15) is 22.7 Å². The molecule has 1 aliphatic rings. The van der Waals surface area contributed by atoms with E-state index >= 15 is 0 Å². The summed E-state index contributed by atoms with van der Waals surface area (Å²) in [5, 5.41) is 0. The molecule has 0 saturated carbocycles. The van der Waals surface area contributed by atoms with Gasteiger partial charge in [-0.2, -0.15) is 0 Å². The minimum Gasteiger partial charge on any atom is -0.441 e. The van der Waals surface area contributed by atoms with Gasteiger partial charge in [0.05, 0.1) is 12.7 Å². The molecule has 1 saturated heterocycles. The molecule has 22 heavy (non-hydrogen) atoms. The van der Waals surface area contributed by atoms with Gasteiger partial charge in [0.2, 0.25) is 0 Å². The topological polar surface area (TPSA) is 64.8 Å². The first-order valence-corrected chi connectivity index (χ1v) is 7.44. The Balaban J connectivity index is 1.73.